The smallest absolute Gasteiger partial charge is 0.307 e. The number of nitrogens with one attached hydrogen (secondary N) is 1. The van der Waals surface area contributed by atoms with Crippen molar-refractivity contribution in [1.29, 1.82) is 0 Å². The zero-order valence-electron chi connectivity index (χ0n) is 20.4. The third-order valence-corrected chi connectivity index (χ3v) is 5.88. The molecule has 0 unspecified atom stereocenters. The van der Waals surface area contributed by atoms with E-state index in [4.69, 9.17) is 9.15 Å². The maximum atomic E-state index is 13.2. The molecule has 0 atom stereocenters. The molecule has 3 aromatic heterocycles. The van der Waals surface area contributed by atoms with Gasteiger partial charge in [-0.25, -0.2) is 9.82 Å². The Labute approximate surface area is 213 Å². The highest BCUT2D eigenvalue weighted by Gasteiger charge is 2.11. The third kappa shape index (κ3) is 5.38. The fourth-order valence-electron chi connectivity index (χ4n) is 4.05. The van der Waals surface area contributed by atoms with Crippen LogP contribution in [0.1, 0.15) is 33.4 Å². The number of carbonyl (C=O) groups excluding carboxylic acids is 1. The van der Waals surface area contributed by atoms with E-state index >= 15 is 0 Å². The number of ether oxygens (including phenoxy) is 1. The van der Waals surface area contributed by atoms with Crippen LogP contribution in [0.5, 0.6) is 5.75 Å². The number of rotatable bonds is 8. The molecule has 0 radical (unpaired) electrons. The molecule has 0 fully saturated rings. The van der Waals surface area contributed by atoms with E-state index in [1.54, 1.807) is 24.3 Å². The second-order valence-electron chi connectivity index (χ2n) is 8.48. The zero-order valence-corrected chi connectivity index (χ0v) is 20.4. The lowest BCUT2D eigenvalue weighted by Crippen LogP contribution is -2.17. The van der Waals surface area contributed by atoms with Gasteiger partial charge in [-0.15, -0.1) is 0 Å². The van der Waals surface area contributed by atoms with Crippen LogP contribution in [0.15, 0.2) is 101 Å². The molecular weight excluding hydrogens is 471 g/mol. The number of benzene rings is 2. The van der Waals surface area contributed by atoms with Gasteiger partial charge in [0, 0.05) is 29.0 Å². The van der Waals surface area contributed by atoms with Crippen LogP contribution >= 0.6 is 0 Å². The fraction of sp³-hybridized carbons (Fsp3) is 0.103. The highest BCUT2D eigenvalue weighted by atomic mass is 19.1. The lowest BCUT2D eigenvalue weighted by atomic mass is 10.3. The summed E-state index contributed by atoms with van der Waals surface area (Å²) < 4.78 is 28.6. The van der Waals surface area contributed by atoms with Crippen LogP contribution in [0.3, 0.4) is 0 Å². The maximum absolute atomic E-state index is 13.2. The van der Waals surface area contributed by atoms with E-state index in [0.717, 1.165) is 11.4 Å². The number of hydrogen-bond donors (Lipinski definition) is 1. The molecule has 1 amide bonds. The Hall–Kier alpha value is -4.85. The summed E-state index contributed by atoms with van der Waals surface area (Å²) >= 11 is 0. The number of carbonyl (C=O) groups is 1. The Balaban J connectivity index is 1.16. The second-order valence-corrected chi connectivity index (χ2v) is 8.48. The maximum Gasteiger partial charge on any atom is 0.307 e. The summed E-state index contributed by atoms with van der Waals surface area (Å²) in [4.78, 5) is 12.4. The molecule has 186 valence electrons. The third-order valence-electron chi connectivity index (χ3n) is 5.88. The van der Waals surface area contributed by atoms with Crippen molar-refractivity contribution in [2.75, 3.05) is 0 Å². The van der Waals surface area contributed by atoms with Gasteiger partial charge < -0.3 is 18.3 Å². The van der Waals surface area contributed by atoms with Crippen LogP contribution in [-0.4, -0.2) is 21.3 Å². The monoisotopic (exact) mass is 496 g/mol. The average Bonchev–Trinajstić information content (AvgIpc) is 3.64. The van der Waals surface area contributed by atoms with Crippen molar-refractivity contribution in [3.05, 3.63) is 126 Å². The minimum atomic E-state index is -0.482. The largest absolute Gasteiger partial charge is 0.486 e. The van der Waals surface area contributed by atoms with Crippen molar-refractivity contribution in [3.8, 4) is 17.1 Å². The predicted molar refractivity (Wildman–Crippen MR) is 139 cm³/mol. The van der Waals surface area contributed by atoms with Crippen LogP contribution < -0.4 is 10.2 Å². The van der Waals surface area contributed by atoms with Gasteiger partial charge in [-0.2, -0.15) is 5.10 Å². The normalized spacial score (nSPS) is 11.2. The molecule has 0 saturated carbocycles. The van der Waals surface area contributed by atoms with Crippen LogP contribution in [-0.2, 0) is 6.61 Å². The second kappa shape index (κ2) is 10.4. The molecule has 0 aliphatic rings. The lowest BCUT2D eigenvalue weighted by molar-refractivity contribution is 0.0923. The first kappa shape index (κ1) is 23.9. The number of amides is 1. The molecule has 7 nitrogen and oxygen atoms in total. The Morgan fingerprint density at radius 1 is 0.946 bits per heavy atom. The van der Waals surface area contributed by atoms with E-state index in [1.807, 2.05) is 47.2 Å². The SMILES string of the molecule is Cc1ccc(C)n1-c1ccc(OCc2ccc(C(=O)NN=Cc3cccn3-c3ccc(F)cc3)o2)cc1. The highest BCUT2D eigenvalue weighted by Crippen LogP contribution is 2.21. The zero-order chi connectivity index (χ0) is 25.8. The topological polar surface area (TPSA) is 73.7 Å². The Kier molecular flexibility index (Phi) is 6.72. The van der Waals surface area contributed by atoms with E-state index in [-0.39, 0.29) is 18.2 Å². The van der Waals surface area contributed by atoms with Crippen molar-refractivity contribution in [3.63, 3.8) is 0 Å². The van der Waals surface area contributed by atoms with Crippen LogP contribution in [0, 0.1) is 19.7 Å². The molecule has 5 aromatic rings. The molecule has 0 aliphatic heterocycles. The first-order valence-electron chi connectivity index (χ1n) is 11.7. The van der Waals surface area contributed by atoms with Crippen LogP contribution in [0.2, 0.25) is 0 Å². The molecule has 37 heavy (non-hydrogen) atoms. The van der Waals surface area contributed by atoms with Gasteiger partial charge in [-0.05, 0) is 98.8 Å². The molecular formula is C29H25FN4O3. The minimum Gasteiger partial charge on any atom is -0.486 e. The molecule has 0 bridgehead atoms. The van der Waals surface area contributed by atoms with Crippen LogP contribution in [0.25, 0.3) is 11.4 Å². The van der Waals surface area contributed by atoms with Crippen molar-refractivity contribution in [2.45, 2.75) is 20.5 Å². The number of hydrogen-bond acceptors (Lipinski definition) is 4. The van der Waals surface area contributed by atoms with Crippen molar-refractivity contribution in [2.24, 2.45) is 5.10 Å². The van der Waals surface area contributed by atoms with Gasteiger partial charge in [0.15, 0.2) is 5.76 Å². The van der Waals surface area contributed by atoms with E-state index in [0.29, 0.717) is 17.2 Å². The number of aromatic nitrogens is 2. The standard InChI is InChI=1S/C29H25FN4O3/c1-20-5-6-21(2)34(20)24-11-13-26(14-12-24)36-19-27-15-16-28(37-27)29(35)32-31-18-25-4-3-17-33(25)23-9-7-22(30)8-10-23/h3-18H,19H2,1-2H3,(H,32,35). The first-order chi connectivity index (χ1) is 18.0. The minimum absolute atomic E-state index is 0.124. The van der Waals surface area contributed by atoms with E-state index in [2.05, 4.69) is 41.1 Å². The van der Waals surface area contributed by atoms with Gasteiger partial charge in [-0.1, -0.05) is 0 Å². The molecule has 0 saturated heterocycles. The molecule has 2 aromatic carbocycles. The van der Waals surface area contributed by atoms with Gasteiger partial charge in [0.25, 0.3) is 0 Å². The lowest BCUT2D eigenvalue weighted by Gasteiger charge is -2.10. The van der Waals surface area contributed by atoms with E-state index in [1.165, 1.54) is 29.7 Å². The molecule has 5 rings (SSSR count). The average molecular weight is 497 g/mol. The van der Waals surface area contributed by atoms with E-state index in [9.17, 15) is 9.18 Å². The summed E-state index contributed by atoms with van der Waals surface area (Å²) in [6, 6.07) is 25.0. The Morgan fingerprint density at radius 2 is 1.65 bits per heavy atom. The summed E-state index contributed by atoms with van der Waals surface area (Å²) in [5.41, 5.74) is 7.35. The quantitative estimate of drug-likeness (QED) is 0.213. The summed E-state index contributed by atoms with van der Waals surface area (Å²) in [7, 11) is 0. The fourth-order valence-corrected chi connectivity index (χ4v) is 4.05. The highest BCUT2D eigenvalue weighted by molar-refractivity contribution is 5.92. The predicted octanol–water partition coefficient (Wildman–Crippen LogP) is 5.96. The molecule has 1 N–H and O–H groups in total. The summed E-state index contributed by atoms with van der Waals surface area (Å²) in [6.07, 6.45) is 3.33. The van der Waals surface area contributed by atoms with Gasteiger partial charge in [0.1, 0.15) is 23.9 Å². The van der Waals surface area contributed by atoms with Crippen molar-refractivity contribution in [1.82, 2.24) is 14.6 Å². The van der Waals surface area contributed by atoms with Gasteiger partial charge in [0.2, 0.25) is 0 Å². The van der Waals surface area contributed by atoms with Gasteiger partial charge in [0.05, 0.1) is 11.9 Å². The molecule has 0 aliphatic carbocycles. The number of halogens is 1. The number of aryl methyl sites for hydroxylation is 2. The Morgan fingerprint density at radius 3 is 2.38 bits per heavy atom. The van der Waals surface area contributed by atoms with E-state index < -0.39 is 5.91 Å². The Bertz CT molecular complexity index is 1520. The summed E-state index contributed by atoms with van der Waals surface area (Å²) in [5.74, 6) is 0.545. The summed E-state index contributed by atoms with van der Waals surface area (Å²) in [5, 5.41) is 4.03. The number of nitrogens with zero attached hydrogens (tertiary/aromatic N) is 3. The molecule has 0 spiro atoms. The first-order valence-corrected chi connectivity index (χ1v) is 11.7. The summed E-state index contributed by atoms with van der Waals surface area (Å²) in [6.45, 7) is 4.32. The van der Waals surface area contributed by atoms with Crippen molar-refractivity contribution >= 4 is 12.1 Å². The van der Waals surface area contributed by atoms with Gasteiger partial charge >= 0.3 is 5.91 Å². The number of furan rings is 1. The van der Waals surface area contributed by atoms with Crippen molar-refractivity contribution < 1.29 is 18.3 Å². The molecule has 8 heteroatoms. The van der Waals surface area contributed by atoms with Crippen LogP contribution in [0.4, 0.5) is 4.39 Å². The number of hydrazone groups is 1. The van der Waals surface area contributed by atoms with Gasteiger partial charge in [-0.3, -0.25) is 4.79 Å². The molecule has 3 heterocycles.